The number of hydrazine groups is 1. The fraction of sp³-hybridized carbons (Fsp3) is 0.500. The Bertz CT molecular complexity index is 549. The lowest BCUT2D eigenvalue weighted by molar-refractivity contribution is 0.303. The van der Waals surface area contributed by atoms with Crippen LogP contribution in [-0.2, 0) is 0 Å². The van der Waals surface area contributed by atoms with Crippen molar-refractivity contribution in [2.24, 2.45) is 11.8 Å². The fourth-order valence-corrected chi connectivity index (χ4v) is 2.17. The Kier molecular flexibility index (Phi) is 3.73. The molecule has 1 aliphatic carbocycles. The summed E-state index contributed by atoms with van der Waals surface area (Å²) in [4.78, 5) is 12.7. The third-order valence-electron chi connectivity index (χ3n) is 3.52. The van der Waals surface area contributed by atoms with E-state index in [9.17, 15) is 0 Å². The lowest BCUT2D eigenvalue weighted by Crippen LogP contribution is -2.19. The van der Waals surface area contributed by atoms with E-state index in [2.05, 4.69) is 30.8 Å². The summed E-state index contributed by atoms with van der Waals surface area (Å²) >= 11 is 0. The zero-order chi connectivity index (χ0) is 13.8. The number of hydrogen-bond donors (Lipinski definition) is 3. The molecule has 0 bridgehead atoms. The first kappa shape index (κ1) is 12.8. The summed E-state index contributed by atoms with van der Waals surface area (Å²) in [5, 5.41) is 7.32. The van der Waals surface area contributed by atoms with E-state index in [0.29, 0.717) is 17.8 Å². The Labute approximate surface area is 116 Å². The van der Waals surface area contributed by atoms with E-state index < -0.39 is 0 Å². The predicted octanol–water partition coefficient (Wildman–Crippen LogP) is 0.945. The van der Waals surface area contributed by atoms with Crippen LogP contribution in [0.15, 0.2) is 18.5 Å². The van der Waals surface area contributed by atoms with Crippen molar-refractivity contribution in [1.82, 2.24) is 24.7 Å². The van der Waals surface area contributed by atoms with Crippen LogP contribution in [0.3, 0.4) is 0 Å². The van der Waals surface area contributed by atoms with Crippen LogP contribution in [0.1, 0.15) is 25.7 Å². The molecule has 0 aromatic carbocycles. The van der Waals surface area contributed by atoms with E-state index in [4.69, 9.17) is 5.84 Å². The van der Waals surface area contributed by atoms with E-state index in [-0.39, 0.29) is 0 Å². The topological polar surface area (TPSA) is 107 Å². The highest BCUT2D eigenvalue weighted by Crippen LogP contribution is 2.29. The summed E-state index contributed by atoms with van der Waals surface area (Å²) < 4.78 is 1.57. The molecule has 8 heteroatoms. The van der Waals surface area contributed by atoms with Gasteiger partial charge < -0.3 is 5.32 Å². The van der Waals surface area contributed by atoms with Crippen LogP contribution in [0.5, 0.6) is 0 Å². The number of nitrogens with one attached hydrogen (secondary N) is 2. The van der Waals surface area contributed by atoms with Gasteiger partial charge in [0.1, 0.15) is 0 Å². The molecule has 20 heavy (non-hydrogen) atoms. The van der Waals surface area contributed by atoms with Gasteiger partial charge in [0.25, 0.3) is 5.95 Å². The van der Waals surface area contributed by atoms with Crippen molar-refractivity contribution in [1.29, 1.82) is 0 Å². The van der Waals surface area contributed by atoms with E-state index in [1.807, 2.05) is 6.07 Å². The second kappa shape index (κ2) is 5.83. The Morgan fingerprint density at radius 1 is 1.25 bits per heavy atom. The molecule has 2 aromatic heterocycles. The maximum atomic E-state index is 5.39. The number of anilines is 2. The number of nitrogens with zero attached hydrogens (tertiary/aromatic N) is 5. The first-order valence-corrected chi connectivity index (χ1v) is 6.82. The standard InChI is InChI=1S/C12H18N8/c13-19-11-16-10(14-7-5-9-3-1-4-9)17-12(18-11)20-8-2-6-15-20/h2,6,8-9H,1,3-5,7,13H2,(H2,14,16,17,18,19). The molecule has 0 unspecified atom stereocenters. The molecule has 8 nitrogen and oxygen atoms in total. The van der Waals surface area contributed by atoms with Gasteiger partial charge in [-0.05, 0) is 18.4 Å². The van der Waals surface area contributed by atoms with Gasteiger partial charge in [-0.2, -0.15) is 20.1 Å². The van der Waals surface area contributed by atoms with Crippen molar-refractivity contribution in [3.05, 3.63) is 18.5 Å². The van der Waals surface area contributed by atoms with Gasteiger partial charge in [-0.25, -0.2) is 10.5 Å². The zero-order valence-electron chi connectivity index (χ0n) is 11.2. The summed E-state index contributed by atoms with van der Waals surface area (Å²) in [5.74, 6) is 7.50. The third kappa shape index (κ3) is 2.85. The normalized spacial score (nSPS) is 14.8. The second-order valence-electron chi connectivity index (χ2n) is 4.89. The molecule has 2 heterocycles. The van der Waals surface area contributed by atoms with E-state index in [1.54, 1.807) is 17.1 Å². The van der Waals surface area contributed by atoms with Crippen molar-refractivity contribution in [3.63, 3.8) is 0 Å². The Balaban J connectivity index is 1.70. The quantitative estimate of drug-likeness (QED) is 0.531. The minimum absolute atomic E-state index is 0.316. The molecule has 1 aliphatic rings. The van der Waals surface area contributed by atoms with Gasteiger partial charge in [0.15, 0.2) is 0 Å². The number of hydrogen-bond acceptors (Lipinski definition) is 7. The first-order valence-electron chi connectivity index (χ1n) is 6.82. The molecule has 0 spiro atoms. The monoisotopic (exact) mass is 274 g/mol. The lowest BCUT2D eigenvalue weighted by atomic mass is 9.83. The van der Waals surface area contributed by atoms with Crippen LogP contribution in [0.25, 0.3) is 5.95 Å². The average Bonchev–Trinajstić information content (AvgIpc) is 2.95. The average molecular weight is 274 g/mol. The van der Waals surface area contributed by atoms with Gasteiger partial charge in [0.05, 0.1) is 0 Å². The smallest absolute Gasteiger partial charge is 0.257 e. The maximum absolute atomic E-state index is 5.39. The molecular formula is C12H18N8. The molecule has 2 aromatic rings. The summed E-state index contributed by atoms with van der Waals surface area (Å²) in [6.45, 7) is 0.858. The van der Waals surface area contributed by atoms with Crippen molar-refractivity contribution < 1.29 is 0 Å². The number of aromatic nitrogens is 5. The molecule has 3 rings (SSSR count). The van der Waals surface area contributed by atoms with Crippen LogP contribution >= 0.6 is 0 Å². The summed E-state index contributed by atoms with van der Waals surface area (Å²) in [5.41, 5.74) is 2.45. The van der Waals surface area contributed by atoms with Crippen molar-refractivity contribution in [2.75, 3.05) is 17.3 Å². The van der Waals surface area contributed by atoms with Crippen LogP contribution in [-0.4, -0.2) is 31.3 Å². The van der Waals surface area contributed by atoms with Gasteiger partial charge in [-0.15, -0.1) is 0 Å². The second-order valence-corrected chi connectivity index (χ2v) is 4.89. The molecule has 1 fully saturated rings. The van der Waals surface area contributed by atoms with Gasteiger partial charge >= 0.3 is 0 Å². The molecular weight excluding hydrogens is 256 g/mol. The molecule has 1 saturated carbocycles. The Morgan fingerprint density at radius 3 is 2.75 bits per heavy atom. The fourth-order valence-electron chi connectivity index (χ4n) is 2.17. The number of nitrogens with two attached hydrogens (primary N) is 1. The van der Waals surface area contributed by atoms with E-state index in [1.165, 1.54) is 19.3 Å². The maximum Gasteiger partial charge on any atom is 0.257 e. The summed E-state index contributed by atoms with van der Waals surface area (Å²) in [6.07, 6.45) is 8.63. The molecule has 106 valence electrons. The van der Waals surface area contributed by atoms with Crippen molar-refractivity contribution in [3.8, 4) is 5.95 Å². The SMILES string of the molecule is NNc1nc(NCCC2CCC2)nc(-n2cccn2)n1. The largest absolute Gasteiger partial charge is 0.354 e. The molecule has 0 saturated heterocycles. The van der Waals surface area contributed by atoms with Crippen LogP contribution in [0, 0.1) is 5.92 Å². The van der Waals surface area contributed by atoms with Crippen molar-refractivity contribution in [2.45, 2.75) is 25.7 Å². The van der Waals surface area contributed by atoms with Gasteiger partial charge in [0, 0.05) is 18.9 Å². The van der Waals surface area contributed by atoms with Crippen LogP contribution < -0.4 is 16.6 Å². The first-order chi connectivity index (χ1) is 9.85. The van der Waals surface area contributed by atoms with Gasteiger partial charge in [-0.1, -0.05) is 19.3 Å². The van der Waals surface area contributed by atoms with Gasteiger partial charge in [-0.3, -0.25) is 5.43 Å². The van der Waals surface area contributed by atoms with E-state index >= 15 is 0 Å². The molecule has 0 atom stereocenters. The highest BCUT2D eigenvalue weighted by molar-refractivity contribution is 5.36. The number of nitrogen functional groups attached to an aromatic ring is 1. The Hall–Kier alpha value is -2.22. The molecule has 0 amide bonds. The number of rotatable bonds is 6. The summed E-state index contributed by atoms with van der Waals surface area (Å²) in [7, 11) is 0. The van der Waals surface area contributed by atoms with Crippen molar-refractivity contribution >= 4 is 11.9 Å². The van der Waals surface area contributed by atoms with E-state index in [0.717, 1.165) is 18.9 Å². The zero-order valence-corrected chi connectivity index (χ0v) is 11.2. The molecule has 0 radical (unpaired) electrons. The Morgan fingerprint density at radius 2 is 2.10 bits per heavy atom. The highest BCUT2D eigenvalue weighted by atomic mass is 15.4. The predicted molar refractivity (Wildman–Crippen MR) is 75.2 cm³/mol. The van der Waals surface area contributed by atoms with Crippen LogP contribution in [0.2, 0.25) is 0 Å². The third-order valence-corrected chi connectivity index (χ3v) is 3.52. The lowest BCUT2D eigenvalue weighted by Gasteiger charge is -2.25. The molecule has 4 N–H and O–H groups in total. The van der Waals surface area contributed by atoms with Crippen LogP contribution in [0.4, 0.5) is 11.9 Å². The van der Waals surface area contributed by atoms with Gasteiger partial charge in [0.2, 0.25) is 11.9 Å². The molecule has 0 aliphatic heterocycles. The minimum Gasteiger partial charge on any atom is -0.354 e. The summed E-state index contributed by atoms with van der Waals surface area (Å²) in [6, 6.07) is 1.81. The highest BCUT2D eigenvalue weighted by Gasteiger charge is 2.16. The minimum atomic E-state index is 0.316.